The second-order valence-electron chi connectivity index (χ2n) is 5.15. The van der Waals surface area contributed by atoms with E-state index in [0.717, 1.165) is 28.2 Å². The van der Waals surface area contributed by atoms with Gasteiger partial charge in [0.05, 0.1) is 17.6 Å². The van der Waals surface area contributed by atoms with Crippen LogP contribution in [0.1, 0.15) is 0 Å². The number of pyridine rings is 2. The first kappa shape index (κ1) is 13.9. The van der Waals surface area contributed by atoms with E-state index >= 15 is 0 Å². The van der Waals surface area contributed by atoms with Gasteiger partial charge in [0.2, 0.25) is 0 Å². The topological polar surface area (TPSA) is 30.2 Å². The monoisotopic (exact) mass is 323 g/mol. The number of hydrogen-bond acceptors (Lipinski definition) is 2. The molecule has 3 heterocycles. The highest BCUT2D eigenvalue weighted by molar-refractivity contribution is 6.30. The molecule has 4 rings (SSSR count). The van der Waals surface area contributed by atoms with Gasteiger partial charge in [-0.15, -0.1) is 0 Å². The van der Waals surface area contributed by atoms with E-state index in [1.54, 1.807) is 24.5 Å². The van der Waals surface area contributed by atoms with Crippen molar-refractivity contribution in [3.05, 3.63) is 78.0 Å². The summed E-state index contributed by atoms with van der Waals surface area (Å²) >= 11 is 6.00. The van der Waals surface area contributed by atoms with E-state index < -0.39 is 0 Å². The van der Waals surface area contributed by atoms with Crippen molar-refractivity contribution in [1.29, 1.82) is 0 Å². The molecule has 4 aromatic rings. The lowest BCUT2D eigenvalue weighted by atomic mass is 10.1. The van der Waals surface area contributed by atoms with Gasteiger partial charge in [-0.25, -0.2) is 9.37 Å². The molecule has 0 saturated heterocycles. The SMILES string of the molecule is Fc1ccc(-c2cc(-c3cnc4cc(Cl)ccn34)ccn2)cc1. The molecule has 0 radical (unpaired) electrons. The largest absolute Gasteiger partial charge is 0.300 e. The zero-order valence-corrected chi connectivity index (χ0v) is 12.7. The van der Waals surface area contributed by atoms with Crippen LogP contribution in [0, 0.1) is 5.82 Å². The highest BCUT2D eigenvalue weighted by atomic mass is 35.5. The van der Waals surface area contributed by atoms with E-state index in [0.29, 0.717) is 5.02 Å². The molecule has 0 unspecified atom stereocenters. The van der Waals surface area contributed by atoms with Gasteiger partial charge in [0.15, 0.2) is 0 Å². The van der Waals surface area contributed by atoms with Gasteiger partial charge in [0.1, 0.15) is 11.5 Å². The second-order valence-corrected chi connectivity index (χ2v) is 5.59. The minimum absolute atomic E-state index is 0.261. The average Bonchev–Trinajstić information content (AvgIpc) is 2.98. The van der Waals surface area contributed by atoms with E-state index in [9.17, 15) is 4.39 Å². The Balaban J connectivity index is 1.82. The van der Waals surface area contributed by atoms with Crippen LogP contribution in [0.15, 0.2) is 67.1 Å². The lowest BCUT2D eigenvalue weighted by Crippen LogP contribution is -1.90. The molecule has 23 heavy (non-hydrogen) atoms. The van der Waals surface area contributed by atoms with Crippen molar-refractivity contribution in [2.75, 3.05) is 0 Å². The molecule has 112 valence electrons. The molecular formula is C18H11ClFN3. The molecule has 0 amide bonds. The fourth-order valence-electron chi connectivity index (χ4n) is 2.54. The molecule has 1 aromatic carbocycles. The minimum atomic E-state index is -0.261. The normalized spacial score (nSPS) is 11.0. The van der Waals surface area contributed by atoms with Crippen molar-refractivity contribution in [3.63, 3.8) is 0 Å². The number of aromatic nitrogens is 3. The quantitative estimate of drug-likeness (QED) is 0.527. The zero-order chi connectivity index (χ0) is 15.8. The van der Waals surface area contributed by atoms with E-state index in [4.69, 9.17) is 11.6 Å². The van der Waals surface area contributed by atoms with Crippen molar-refractivity contribution in [3.8, 4) is 22.5 Å². The third-order valence-corrected chi connectivity index (χ3v) is 3.91. The summed E-state index contributed by atoms with van der Waals surface area (Å²) in [4.78, 5) is 8.75. The Morgan fingerprint density at radius 3 is 2.57 bits per heavy atom. The van der Waals surface area contributed by atoms with Gasteiger partial charge in [-0.05, 0) is 42.5 Å². The molecule has 3 nitrogen and oxygen atoms in total. The van der Waals surface area contributed by atoms with E-state index in [1.165, 1.54) is 12.1 Å². The average molecular weight is 324 g/mol. The standard InChI is InChI=1S/C18H11ClFN3/c19-14-6-8-23-17(11-22-18(23)10-14)13-5-7-21-16(9-13)12-1-3-15(20)4-2-12/h1-11H. The van der Waals surface area contributed by atoms with Crippen molar-refractivity contribution in [2.45, 2.75) is 0 Å². The number of imidazole rings is 1. The van der Waals surface area contributed by atoms with Crippen LogP contribution < -0.4 is 0 Å². The summed E-state index contributed by atoms with van der Waals surface area (Å²) in [5.41, 5.74) is 4.36. The first-order valence-corrected chi connectivity index (χ1v) is 7.43. The van der Waals surface area contributed by atoms with Crippen molar-refractivity contribution < 1.29 is 4.39 Å². The molecule has 0 atom stereocenters. The smallest absolute Gasteiger partial charge is 0.138 e. The molecule has 0 aliphatic rings. The Morgan fingerprint density at radius 1 is 0.913 bits per heavy atom. The first-order chi connectivity index (χ1) is 11.2. The molecule has 0 bridgehead atoms. The van der Waals surface area contributed by atoms with Crippen LogP contribution in [0.4, 0.5) is 4.39 Å². The molecular weight excluding hydrogens is 313 g/mol. The van der Waals surface area contributed by atoms with Gasteiger partial charge in [0.25, 0.3) is 0 Å². The van der Waals surface area contributed by atoms with Crippen LogP contribution >= 0.6 is 11.6 Å². The summed E-state index contributed by atoms with van der Waals surface area (Å²) < 4.78 is 15.0. The molecule has 0 aliphatic heterocycles. The molecule has 0 aliphatic carbocycles. The number of nitrogens with zero attached hydrogens (tertiary/aromatic N) is 3. The summed E-state index contributed by atoms with van der Waals surface area (Å²) in [6.45, 7) is 0. The maximum atomic E-state index is 13.1. The summed E-state index contributed by atoms with van der Waals surface area (Å²) in [5.74, 6) is -0.261. The summed E-state index contributed by atoms with van der Waals surface area (Å²) in [5, 5.41) is 0.649. The number of halogens is 2. The highest BCUT2D eigenvalue weighted by Gasteiger charge is 2.08. The predicted molar refractivity (Wildman–Crippen MR) is 88.8 cm³/mol. The Labute approximate surface area is 137 Å². The zero-order valence-electron chi connectivity index (χ0n) is 11.9. The van der Waals surface area contributed by atoms with Gasteiger partial charge in [-0.1, -0.05) is 11.6 Å². The number of benzene rings is 1. The Bertz CT molecular complexity index is 993. The molecule has 0 fully saturated rings. The first-order valence-electron chi connectivity index (χ1n) is 7.06. The van der Waals surface area contributed by atoms with Crippen molar-refractivity contribution in [1.82, 2.24) is 14.4 Å². The molecule has 0 N–H and O–H groups in total. The van der Waals surface area contributed by atoms with Gasteiger partial charge >= 0.3 is 0 Å². The fourth-order valence-corrected chi connectivity index (χ4v) is 2.69. The van der Waals surface area contributed by atoms with Gasteiger partial charge in [-0.3, -0.25) is 9.38 Å². The van der Waals surface area contributed by atoms with Crippen LogP contribution in [0.3, 0.4) is 0 Å². The molecule has 0 saturated carbocycles. The third kappa shape index (κ3) is 2.58. The van der Waals surface area contributed by atoms with Gasteiger partial charge in [-0.2, -0.15) is 0 Å². The number of fused-ring (bicyclic) bond motifs is 1. The Hall–Kier alpha value is -2.72. The van der Waals surface area contributed by atoms with Gasteiger partial charge in [0, 0.05) is 34.6 Å². The lowest BCUT2D eigenvalue weighted by molar-refractivity contribution is 0.628. The van der Waals surface area contributed by atoms with Crippen molar-refractivity contribution in [2.24, 2.45) is 0 Å². The van der Waals surface area contributed by atoms with E-state index in [2.05, 4.69) is 9.97 Å². The van der Waals surface area contributed by atoms with Crippen LogP contribution in [0.5, 0.6) is 0 Å². The Kier molecular flexibility index (Phi) is 3.32. The molecule has 0 spiro atoms. The Morgan fingerprint density at radius 2 is 1.74 bits per heavy atom. The maximum absolute atomic E-state index is 13.1. The summed E-state index contributed by atoms with van der Waals surface area (Å²) in [6, 6.07) is 13.8. The second kappa shape index (κ2) is 5.48. The van der Waals surface area contributed by atoms with E-state index in [-0.39, 0.29) is 5.82 Å². The number of hydrogen-bond donors (Lipinski definition) is 0. The number of rotatable bonds is 2. The molecule has 3 aromatic heterocycles. The summed E-state index contributed by atoms with van der Waals surface area (Å²) in [7, 11) is 0. The highest BCUT2D eigenvalue weighted by Crippen LogP contribution is 2.26. The van der Waals surface area contributed by atoms with E-state index in [1.807, 2.05) is 34.9 Å². The minimum Gasteiger partial charge on any atom is -0.300 e. The van der Waals surface area contributed by atoms with Crippen molar-refractivity contribution >= 4 is 17.2 Å². The summed E-state index contributed by atoms with van der Waals surface area (Å²) in [6.07, 6.45) is 5.43. The van der Waals surface area contributed by atoms with Crippen LogP contribution in [-0.2, 0) is 0 Å². The van der Waals surface area contributed by atoms with Crippen LogP contribution in [0.25, 0.3) is 28.2 Å². The van der Waals surface area contributed by atoms with Crippen LogP contribution in [-0.4, -0.2) is 14.4 Å². The lowest BCUT2D eigenvalue weighted by Gasteiger charge is -2.05. The van der Waals surface area contributed by atoms with Crippen LogP contribution in [0.2, 0.25) is 5.02 Å². The maximum Gasteiger partial charge on any atom is 0.138 e. The predicted octanol–water partition coefficient (Wildman–Crippen LogP) is 4.86. The third-order valence-electron chi connectivity index (χ3n) is 3.67. The molecule has 5 heteroatoms. The fraction of sp³-hybridized carbons (Fsp3) is 0. The van der Waals surface area contributed by atoms with Gasteiger partial charge < -0.3 is 0 Å².